The molecular formula is C36H38Cl2FN9O5. The van der Waals surface area contributed by atoms with Gasteiger partial charge in [0.15, 0.2) is 11.6 Å². The second kappa shape index (κ2) is 14.3. The largest absolute Gasteiger partial charge is 0.444 e. The first-order valence-corrected chi connectivity index (χ1v) is 17.6. The molecule has 14 nitrogen and oxygen atoms in total. The molecule has 1 aliphatic heterocycles. The number of amides is 4. The van der Waals surface area contributed by atoms with Crippen molar-refractivity contribution < 1.29 is 28.3 Å². The van der Waals surface area contributed by atoms with Crippen molar-refractivity contribution in [2.24, 2.45) is 0 Å². The molecule has 0 bridgehead atoms. The lowest BCUT2D eigenvalue weighted by molar-refractivity contribution is -0.125. The number of imidazole rings is 1. The Bertz CT molecular complexity index is 2050. The van der Waals surface area contributed by atoms with Gasteiger partial charge in [0.05, 0.1) is 21.9 Å². The van der Waals surface area contributed by atoms with Crippen molar-refractivity contribution >= 4 is 64.3 Å². The maximum absolute atomic E-state index is 14.4. The van der Waals surface area contributed by atoms with Crippen LogP contribution in [0.4, 0.5) is 26.5 Å². The summed E-state index contributed by atoms with van der Waals surface area (Å²) in [5, 5.41) is 7.79. The molecule has 0 radical (unpaired) electrons. The number of hydrogen-bond acceptors (Lipinski definition) is 9. The first-order chi connectivity index (χ1) is 25.0. The van der Waals surface area contributed by atoms with Gasteiger partial charge >= 0.3 is 6.09 Å². The first kappa shape index (κ1) is 37.5. The van der Waals surface area contributed by atoms with E-state index in [1.54, 1.807) is 70.4 Å². The summed E-state index contributed by atoms with van der Waals surface area (Å²) >= 11 is 12.3. The molecule has 1 saturated carbocycles. The summed E-state index contributed by atoms with van der Waals surface area (Å²) in [7, 11) is 0. The van der Waals surface area contributed by atoms with Gasteiger partial charge in [-0.15, -0.1) is 0 Å². The van der Waals surface area contributed by atoms with Crippen LogP contribution < -0.4 is 26.6 Å². The maximum atomic E-state index is 14.4. The number of alkyl carbamates (subject to hydrolysis) is 1. The third-order valence-electron chi connectivity index (χ3n) is 8.92. The van der Waals surface area contributed by atoms with Crippen LogP contribution in [0.3, 0.4) is 0 Å². The summed E-state index contributed by atoms with van der Waals surface area (Å²) in [5.74, 6) is -2.13. The second-order valence-electron chi connectivity index (χ2n) is 14.2. The van der Waals surface area contributed by atoms with E-state index in [-0.39, 0.29) is 46.8 Å². The SMILES string of the molecule is CC(C)(C)OC(=O)NCC[C@H](NC(=O)c1cnc2n1[C@](C)(Cc1ccc(N)cc1)C(=O)N2c1cc(Cl)c(F)c(Cl)c1)C(=O)NC1(c2ncccn2)CC1. The molecule has 1 aliphatic carbocycles. The van der Waals surface area contributed by atoms with E-state index in [2.05, 4.69) is 30.9 Å². The molecule has 2 aromatic heterocycles. The Labute approximate surface area is 314 Å². The lowest BCUT2D eigenvalue weighted by Crippen LogP contribution is -2.52. The highest BCUT2D eigenvalue weighted by Crippen LogP contribution is 2.45. The van der Waals surface area contributed by atoms with Gasteiger partial charge in [-0.2, -0.15) is 0 Å². The molecule has 4 aromatic rings. The van der Waals surface area contributed by atoms with E-state index in [1.807, 2.05) is 0 Å². The third kappa shape index (κ3) is 7.76. The highest BCUT2D eigenvalue weighted by molar-refractivity contribution is 6.35. The number of nitrogens with two attached hydrogens (primary N) is 1. The Morgan fingerprint density at radius 3 is 2.30 bits per heavy atom. The molecule has 1 fully saturated rings. The Balaban J connectivity index is 1.33. The minimum absolute atomic E-state index is 0.0239. The normalized spacial score (nSPS) is 17.9. The van der Waals surface area contributed by atoms with Gasteiger partial charge in [-0.05, 0) is 82.9 Å². The van der Waals surface area contributed by atoms with Crippen LogP contribution in [0.2, 0.25) is 10.0 Å². The summed E-state index contributed by atoms with van der Waals surface area (Å²) in [6, 6.07) is 9.91. The molecule has 5 N–H and O–H groups in total. The molecule has 2 aromatic carbocycles. The molecular weight excluding hydrogens is 728 g/mol. The number of anilines is 3. The minimum Gasteiger partial charge on any atom is -0.444 e. The number of carbonyl (C=O) groups is 4. The number of rotatable bonds is 11. The van der Waals surface area contributed by atoms with Crippen molar-refractivity contribution in [1.82, 2.24) is 35.5 Å². The average molecular weight is 767 g/mol. The highest BCUT2D eigenvalue weighted by atomic mass is 35.5. The predicted octanol–water partition coefficient (Wildman–Crippen LogP) is 5.16. The number of fused-ring (bicyclic) bond motifs is 1. The zero-order valence-corrected chi connectivity index (χ0v) is 30.9. The molecule has 3 heterocycles. The zero-order valence-electron chi connectivity index (χ0n) is 29.4. The van der Waals surface area contributed by atoms with Crippen LogP contribution in [0.1, 0.15) is 68.8 Å². The third-order valence-corrected chi connectivity index (χ3v) is 9.47. The predicted molar refractivity (Wildman–Crippen MR) is 195 cm³/mol. The molecule has 4 amide bonds. The van der Waals surface area contributed by atoms with Crippen LogP contribution >= 0.6 is 23.2 Å². The quantitative estimate of drug-likeness (QED) is 0.118. The number of ether oxygens (including phenoxy) is 1. The Hall–Kier alpha value is -5.28. The number of aromatic nitrogens is 4. The number of carbonyl (C=O) groups excluding carboxylic acids is 4. The van der Waals surface area contributed by atoms with E-state index in [1.165, 1.54) is 27.8 Å². The van der Waals surface area contributed by atoms with Gasteiger partial charge in [-0.1, -0.05) is 35.3 Å². The van der Waals surface area contributed by atoms with Gasteiger partial charge in [-0.3, -0.25) is 19.0 Å². The topological polar surface area (TPSA) is 186 Å². The van der Waals surface area contributed by atoms with Crippen molar-refractivity contribution in [3.63, 3.8) is 0 Å². The van der Waals surface area contributed by atoms with Crippen molar-refractivity contribution in [3.8, 4) is 0 Å². The second-order valence-corrected chi connectivity index (χ2v) is 15.0. The van der Waals surface area contributed by atoms with Crippen LogP contribution in [0.25, 0.3) is 0 Å². The fourth-order valence-electron chi connectivity index (χ4n) is 6.20. The van der Waals surface area contributed by atoms with Crippen molar-refractivity contribution in [2.75, 3.05) is 17.2 Å². The molecule has 2 atom stereocenters. The van der Waals surface area contributed by atoms with E-state index < -0.39 is 52.4 Å². The van der Waals surface area contributed by atoms with Crippen molar-refractivity contribution in [1.29, 1.82) is 0 Å². The number of nitrogen functional groups attached to an aromatic ring is 1. The minimum atomic E-state index is -1.46. The lowest BCUT2D eigenvalue weighted by atomic mass is 9.91. The molecule has 0 saturated heterocycles. The van der Waals surface area contributed by atoms with Crippen LogP contribution in [0, 0.1) is 5.82 Å². The molecule has 278 valence electrons. The van der Waals surface area contributed by atoms with Crippen LogP contribution in [-0.4, -0.2) is 61.5 Å². The summed E-state index contributed by atoms with van der Waals surface area (Å²) < 4.78 is 21.2. The van der Waals surface area contributed by atoms with Gasteiger partial charge in [0.2, 0.25) is 11.9 Å². The average Bonchev–Trinajstić information content (AvgIpc) is 3.68. The number of halogens is 3. The molecule has 0 spiro atoms. The highest BCUT2D eigenvalue weighted by Gasteiger charge is 2.52. The standard InChI is InChI=1S/C36H38Cl2FN9O5/c1-34(2,3)53-33(52)43-15-10-25(28(49)46-36(11-12-36)30-41-13-5-14-42-30)45-29(50)26-19-44-32-47(22-16-23(37)27(39)24(38)17-22)31(51)35(4,48(26)32)18-20-6-8-21(40)9-7-20/h5-9,13-14,16-17,19,25H,10-12,15,18,40H2,1-4H3,(H,43,52)(H,45,50)(H,46,49)/t25-,35+/m0/s1. The van der Waals surface area contributed by atoms with Crippen molar-refractivity contribution in [2.45, 2.75) is 76.1 Å². The fraction of sp³-hybridized carbons (Fsp3) is 0.361. The van der Waals surface area contributed by atoms with E-state index in [0.29, 0.717) is 24.4 Å². The number of nitrogens with zero attached hydrogens (tertiary/aromatic N) is 5. The van der Waals surface area contributed by atoms with Gasteiger partial charge in [0, 0.05) is 31.0 Å². The summed E-state index contributed by atoms with van der Waals surface area (Å²) in [6.07, 6.45) is 5.01. The number of nitrogens with one attached hydrogen (secondary N) is 3. The summed E-state index contributed by atoms with van der Waals surface area (Å²) in [5.41, 5.74) is 4.24. The Kier molecular flexibility index (Phi) is 10.1. The zero-order chi connectivity index (χ0) is 38.3. The molecule has 6 rings (SSSR count). The van der Waals surface area contributed by atoms with Gasteiger partial charge in [-0.25, -0.2) is 29.0 Å². The van der Waals surface area contributed by atoms with Crippen LogP contribution in [0.5, 0.6) is 0 Å². The van der Waals surface area contributed by atoms with Gasteiger partial charge in [0.25, 0.3) is 11.8 Å². The van der Waals surface area contributed by atoms with E-state index in [9.17, 15) is 23.6 Å². The molecule has 53 heavy (non-hydrogen) atoms. The van der Waals surface area contributed by atoms with Crippen LogP contribution in [-0.2, 0) is 31.8 Å². The number of hydrogen-bond donors (Lipinski definition) is 4. The molecule has 17 heteroatoms. The summed E-state index contributed by atoms with van der Waals surface area (Å²) in [6.45, 7) is 6.78. The summed E-state index contributed by atoms with van der Waals surface area (Å²) in [4.78, 5) is 69.4. The van der Waals surface area contributed by atoms with E-state index >= 15 is 0 Å². The van der Waals surface area contributed by atoms with Gasteiger partial charge in [0.1, 0.15) is 28.4 Å². The van der Waals surface area contributed by atoms with Crippen LogP contribution in [0.15, 0.2) is 61.1 Å². The van der Waals surface area contributed by atoms with Gasteiger partial charge < -0.3 is 26.4 Å². The first-order valence-electron chi connectivity index (χ1n) is 16.8. The lowest BCUT2D eigenvalue weighted by Gasteiger charge is -2.27. The van der Waals surface area contributed by atoms with E-state index in [4.69, 9.17) is 33.7 Å². The monoisotopic (exact) mass is 765 g/mol. The van der Waals surface area contributed by atoms with E-state index in [0.717, 1.165) is 5.56 Å². The smallest absolute Gasteiger partial charge is 0.407 e. The Morgan fingerprint density at radius 1 is 1.06 bits per heavy atom. The maximum Gasteiger partial charge on any atom is 0.407 e. The Morgan fingerprint density at radius 2 is 1.70 bits per heavy atom. The van der Waals surface area contributed by atoms with Crippen molar-refractivity contribution in [3.05, 3.63) is 94.0 Å². The fourth-order valence-corrected chi connectivity index (χ4v) is 6.67. The number of benzene rings is 2. The molecule has 2 aliphatic rings. The molecule has 0 unspecified atom stereocenters.